The predicted molar refractivity (Wildman–Crippen MR) is 40.9 cm³/mol. The Bertz CT molecular complexity index is 157. The second-order valence-corrected chi connectivity index (χ2v) is 3.77. The Hall–Kier alpha value is -0.0500. The van der Waals surface area contributed by atoms with Gasteiger partial charge in [-0.25, -0.2) is 0 Å². The number of rotatable bonds is 0. The Morgan fingerprint density at radius 2 is 2.38 bits per heavy atom. The zero-order chi connectivity index (χ0) is 5.98. The highest BCUT2D eigenvalue weighted by molar-refractivity contribution is 8.05. The summed E-state index contributed by atoms with van der Waals surface area (Å²) in [6, 6.07) is 0. The van der Waals surface area contributed by atoms with Gasteiger partial charge in [0.15, 0.2) is 22.6 Å². The topological polar surface area (TPSA) is 24.7 Å². The van der Waals surface area contributed by atoms with Gasteiger partial charge in [0.05, 0.1) is 4.88 Å². The van der Waals surface area contributed by atoms with Gasteiger partial charge in [0.25, 0.3) is 0 Å². The van der Waals surface area contributed by atoms with Gasteiger partial charge >= 0.3 is 6.85 Å². The van der Waals surface area contributed by atoms with Crippen LogP contribution in [0.2, 0.25) is 0 Å². The Morgan fingerprint density at radius 3 is 2.75 bits per heavy atom. The molecule has 0 aromatic heterocycles. The molecule has 5 heteroatoms. The Kier molecular flexibility index (Phi) is 1.89. The van der Waals surface area contributed by atoms with E-state index in [9.17, 15) is 0 Å². The highest BCUT2D eigenvalue weighted by Crippen LogP contribution is 2.27. The molecule has 0 amide bonds. The average Bonchev–Trinajstić information content (AvgIpc) is 1.77. The van der Waals surface area contributed by atoms with E-state index in [0.29, 0.717) is 4.99 Å². The largest absolute Gasteiger partial charge is 0.371 e. The van der Waals surface area contributed by atoms with Crippen molar-refractivity contribution >= 4 is 35.9 Å². The fraction of sp³-hybridized carbons (Fsp3) is 0. The zero-order valence-electron chi connectivity index (χ0n) is 3.81. The molecular weight excluding hydrogens is 159 g/mol. The quantitative estimate of drug-likeness (QED) is 0.401. The van der Waals surface area contributed by atoms with Gasteiger partial charge in [-0.1, -0.05) is 17.3 Å². The smallest absolute Gasteiger partial charge is 0.0970 e. The van der Waals surface area contributed by atoms with E-state index in [-0.39, 0.29) is 0 Å². The SMILES string of the molecule is S=C1C=C[P+](=S)N=N1. The number of hydrogen-bond acceptors (Lipinski definition) is 2. The van der Waals surface area contributed by atoms with Crippen LogP contribution in [0.15, 0.2) is 21.9 Å². The first-order valence-corrected chi connectivity index (χ1v) is 4.68. The maximum Gasteiger partial charge on any atom is 0.371 e. The summed E-state index contributed by atoms with van der Waals surface area (Å²) >= 11 is 9.48. The van der Waals surface area contributed by atoms with Crippen LogP contribution in [0.3, 0.4) is 0 Å². The summed E-state index contributed by atoms with van der Waals surface area (Å²) in [4.78, 5) is 4.21. The van der Waals surface area contributed by atoms with E-state index in [4.69, 9.17) is 11.8 Å². The van der Waals surface area contributed by atoms with Crippen molar-refractivity contribution in [3.05, 3.63) is 11.9 Å². The molecule has 1 aliphatic heterocycles. The summed E-state index contributed by atoms with van der Waals surface area (Å²) in [5.41, 5.74) is 0. The van der Waals surface area contributed by atoms with Gasteiger partial charge in [0.1, 0.15) is 0 Å². The van der Waals surface area contributed by atoms with Gasteiger partial charge in [-0.05, 0) is 0 Å². The third kappa shape index (κ3) is 1.47. The highest BCUT2D eigenvalue weighted by Gasteiger charge is 2.07. The molecule has 0 aromatic rings. The second kappa shape index (κ2) is 2.49. The minimum Gasteiger partial charge on any atom is -0.0970 e. The van der Waals surface area contributed by atoms with Crippen molar-refractivity contribution in [2.24, 2.45) is 10.00 Å². The molecule has 0 aromatic carbocycles. The molecule has 1 unspecified atom stereocenters. The highest BCUT2D eigenvalue weighted by atomic mass is 32.4. The molecule has 0 bridgehead atoms. The lowest BCUT2D eigenvalue weighted by Crippen LogP contribution is -1.80. The van der Waals surface area contributed by atoms with Gasteiger partial charge in [-0.2, -0.15) is 0 Å². The van der Waals surface area contributed by atoms with Crippen LogP contribution in [0.1, 0.15) is 0 Å². The van der Waals surface area contributed by atoms with E-state index in [1.165, 1.54) is 0 Å². The summed E-state index contributed by atoms with van der Waals surface area (Å²) in [5, 5.41) is 3.61. The molecule has 0 saturated heterocycles. The van der Waals surface area contributed by atoms with Crippen molar-refractivity contribution in [3.8, 4) is 0 Å². The van der Waals surface area contributed by atoms with Gasteiger partial charge < -0.3 is 0 Å². The maximum atomic E-state index is 4.80. The molecule has 0 spiro atoms. The fourth-order valence-electron chi connectivity index (χ4n) is 0.279. The maximum absolute atomic E-state index is 4.80. The zero-order valence-corrected chi connectivity index (χ0v) is 6.34. The Morgan fingerprint density at radius 1 is 1.62 bits per heavy atom. The summed E-state index contributed by atoms with van der Waals surface area (Å²) in [6.07, 6.45) is 1.72. The number of nitrogens with zero attached hydrogens (tertiary/aromatic N) is 2. The van der Waals surface area contributed by atoms with E-state index in [0.717, 1.165) is 0 Å². The van der Waals surface area contributed by atoms with Gasteiger partial charge in [-0.3, -0.25) is 0 Å². The third-order valence-corrected chi connectivity index (χ3v) is 2.05. The van der Waals surface area contributed by atoms with Crippen LogP contribution in [0.4, 0.5) is 0 Å². The molecule has 1 heterocycles. The van der Waals surface area contributed by atoms with Crippen LogP contribution < -0.4 is 0 Å². The molecule has 0 N–H and O–H groups in total. The number of hydrogen-bond donors (Lipinski definition) is 0. The molecule has 40 valence electrons. The lowest BCUT2D eigenvalue weighted by atomic mass is 10.7. The first kappa shape index (κ1) is 6.08. The van der Waals surface area contributed by atoms with Crippen molar-refractivity contribution in [2.75, 3.05) is 0 Å². The monoisotopic (exact) mass is 161 g/mol. The third-order valence-electron chi connectivity index (χ3n) is 0.576. The predicted octanol–water partition coefficient (Wildman–Crippen LogP) is 2.15. The first-order valence-electron chi connectivity index (χ1n) is 1.89. The van der Waals surface area contributed by atoms with Gasteiger partial charge in [0.2, 0.25) is 0 Å². The average molecular weight is 161 g/mol. The normalized spacial score (nSPS) is 22.0. The molecule has 0 aliphatic carbocycles. The second-order valence-electron chi connectivity index (χ2n) is 1.15. The number of thiocarbonyl (C=S) groups is 1. The van der Waals surface area contributed by atoms with Crippen LogP contribution in [0.25, 0.3) is 0 Å². The van der Waals surface area contributed by atoms with Crippen LogP contribution in [0, 0.1) is 0 Å². The first-order chi connectivity index (χ1) is 3.79. The summed E-state index contributed by atoms with van der Waals surface area (Å²) in [5.74, 6) is 1.81. The van der Waals surface area contributed by atoms with Crippen LogP contribution >= 0.6 is 19.1 Å². The molecule has 2 nitrogen and oxygen atoms in total. The lowest BCUT2D eigenvalue weighted by molar-refractivity contribution is 1.43. The van der Waals surface area contributed by atoms with Crippen molar-refractivity contribution in [2.45, 2.75) is 0 Å². The molecule has 1 atom stereocenters. The van der Waals surface area contributed by atoms with Crippen molar-refractivity contribution in [1.29, 1.82) is 0 Å². The fourth-order valence-corrected chi connectivity index (χ4v) is 1.35. The van der Waals surface area contributed by atoms with E-state index in [2.05, 4.69) is 22.2 Å². The van der Waals surface area contributed by atoms with E-state index >= 15 is 0 Å². The van der Waals surface area contributed by atoms with Crippen LogP contribution in [0.5, 0.6) is 0 Å². The standard InChI is InChI=1S/C3H2N2PS2/c7-3-1-2-6(8)5-4-3/h1-2H/q+1. The minimum atomic E-state index is -0.745. The minimum absolute atomic E-state index is 0.522. The van der Waals surface area contributed by atoms with Crippen molar-refractivity contribution in [3.63, 3.8) is 0 Å². The molecule has 8 heavy (non-hydrogen) atoms. The van der Waals surface area contributed by atoms with E-state index in [1.807, 2.05) is 0 Å². The summed E-state index contributed by atoms with van der Waals surface area (Å²) in [6.45, 7) is -0.745. The Balaban J connectivity index is 2.83. The van der Waals surface area contributed by atoms with E-state index < -0.39 is 6.85 Å². The summed E-state index contributed by atoms with van der Waals surface area (Å²) < 4.78 is 0. The van der Waals surface area contributed by atoms with Crippen LogP contribution in [-0.2, 0) is 11.8 Å². The Labute approximate surface area is 58.2 Å². The molecular formula is C3H2N2PS2+. The van der Waals surface area contributed by atoms with Crippen molar-refractivity contribution < 1.29 is 0 Å². The summed E-state index contributed by atoms with van der Waals surface area (Å²) in [7, 11) is 0. The van der Waals surface area contributed by atoms with Gasteiger partial charge in [0, 0.05) is 6.08 Å². The van der Waals surface area contributed by atoms with E-state index in [1.54, 1.807) is 11.9 Å². The molecule has 1 rings (SSSR count). The van der Waals surface area contributed by atoms with Gasteiger partial charge in [-0.15, -0.1) is 0 Å². The molecule has 1 aliphatic rings. The van der Waals surface area contributed by atoms with Crippen LogP contribution in [-0.4, -0.2) is 4.99 Å². The van der Waals surface area contributed by atoms with Crippen molar-refractivity contribution in [1.82, 2.24) is 0 Å². The molecule has 0 fully saturated rings. The molecule has 0 saturated carbocycles. The lowest BCUT2D eigenvalue weighted by Gasteiger charge is -1.80. The molecule has 0 radical (unpaired) electrons.